The molecule has 0 saturated carbocycles. The third-order valence-electron chi connectivity index (χ3n) is 3.65. The van der Waals surface area contributed by atoms with Gasteiger partial charge in [-0.25, -0.2) is 13.6 Å². The second-order valence-electron chi connectivity index (χ2n) is 5.64. The Bertz CT molecular complexity index is 1030. The first-order chi connectivity index (χ1) is 12.8. The molecule has 10 heteroatoms. The molecule has 140 valence electrons. The van der Waals surface area contributed by atoms with Gasteiger partial charge in [-0.1, -0.05) is 30.0 Å². The Balaban J connectivity index is 1.68. The van der Waals surface area contributed by atoms with Crippen molar-refractivity contribution < 1.29 is 13.2 Å². The number of anilines is 1. The number of hydrogen-bond donors (Lipinski definition) is 2. The second kappa shape index (κ2) is 7.91. The average Bonchev–Trinajstić information content (AvgIpc) is 3.10. The standard InChI is InChI=1S/C17H17N5O3S2/c1-12(16(23)20-13-7-9-15(10-8-13)27(18,24)25)26-17-21-19-11-22(17)14-5-3-2-4-6-14/h2-12H,1H3,(H,20,23)(H2,18,24,25)/t12-/m0/s1. The van der Waals surface area contributed by atoms with Crippen molar-refractivity contribution in [1.29, 1.82) is 0 Å². The molecular weight excluding hydrogens is 386 g/mol. The van der Waals surface area contributed by atoms with Crippen LogP contribution in [0.2, 0.25) is 0 Å². The molecule has 0 bridgehead atoms. The highest BCUT2D eigenvalue weighted by atomic mass is 32.2. The van der Waals surface area contributed by atoms with Gasteiger partial charge in [0.15, 0.2) is 5.16 Å². The minimum Gasteiger partial charge on any atom is -0.325 e. The Morgan fingerprint density at radius 2 is 1.81 bits per heavy atom. The minimum absolute atomic E-state index is 0.0149. The van der Waals surface area contributed by atoms with Crippen molar-refractivity contribution >= 4 is 33.4 Å². The first-order valence-electron chi connectivity index (χ1n) is 7.90. The largest absolute Gasteiger partial charge is 0.325 e. The SMILES string of the molecule is C[C@H](Sc1nncn1-c1ccccc1)C(=O)Nc1ccc(S(N)(=O)=O)cc1. The molecule has 0 aliphatic heterocycles. The van der Waals surface area contributed by atoms with Crippen molar-refractivity contribution in [3.63, 3.8) is 0 Å². The Kier molecular flexibility index (Phi) is 5.59. The van der Waals surface area contributed by atoms with Gasteiger partial charge in [0, 0.05) is 11.4 Å². The lowest BCUT2D eigenvalue weighted by Crippen LogP contribution is -2.23. The molecule has 0 fully saturated rings. The molecule has 0 aliphatic carbocycles. The lowest BCUT2D eigenvalue weighted by molar-refractivity contribution is -0.115. The molecule has 1 atom stereocenters. The van der Waals surface area contributed by atoms with Crippen molar-refractivity contribution in [2.75, 3.05) is 5.32 Å². The van der Waals surface area contributed by atoms with Crippen LogP contribution in [0.5, 0.6) is 0 Å². The van der Waals surface area contributed by atoms with Crippen molar-refractivity contribution in [1.82, 2.24) is 14.8 Å². The number of carbonyl (C=O) groups excluding carboxylic acids is 1. The van der Waals surface area contributed by atoms with E-state index in [0.717, 1.165) is 5.69 Å². The van der Waals surface area contributed by atoms with Crippen LogP contribution in [-0.2, 0) is 14.8 Å². The molecule has 1 heterocycles. The zero-order valence-electron chi connectivity index (χ0n) is 14.3. The van der Waals surface area contributed by atoms with Gasteiger partial charge >= 0.3 is 0 Å². The maximum absolute atomic E-state index is 12.4. The lowest BCUT2D eigenvalue weighted by atomic mass is 10.3. The van der Waals surface area contributed by atoms with Crippen LogP contribution in [0.15, 0.2) is 71.0 Å². The number of aromatic nitrogens is 3. The molecule has 3 N–H and O–H groups in total. The second-order valence-corrected chi connectivity index (χ2v) is 8.51. The third-order valence-corrected chi connectivity index (χ3v) is 5.64. The summed E-state index contributed by atoms with van der Waals surface area (Å²) in [7, 11) is -3.76. The zero-order chi connectivity index (χ0) is 19.4. The van der Waals surface area contributed by atoms with Crippen molar-refractivity contribution in [3.05, 3.63) is 60.9 Å². The highest BCUT2D eigenvalue weighted by molar-refractivity contribution is 8.00. The molecule has 0 unspecified atom stereocenters. The van der Waals surface area contributed by atoms with Crippen LogP contribution in [0.4, 0.5) is 5.69 Å². The van der Waals surface area contributed by atoms with E-state index in [9.17, 15) is 13.2 Å². The van der Waals surface area contributed by atoms with Crippen LogP contribution < -0.4 is 10.5 Å². The Morgan fingerprint density at radius 3 is 2.44 bits per heavy atom. The summed E-state index contributed by atoms with van der Waals surface area (Å²) < 4.78 is 24.3. The fourth-order valence-corrected chi connectivity index (χ4v) is 3.61. The first-order valence-corrected chi connectivity index (χ1v) is 10.3. The van der Waals surface area contributed by atoms with E-state index in [1.807, 2.05) is 30.3 Å². The number of thioether (sulfide) groups is 1. The molecule has 3 rings (SSSR count). The number of nitrogens with zero attached hydrogens (tertiary/aromatic N) is 3. The van der Waals surface area contributed by atoms with Crippen LogP contribution in [-0.4, -0.2) is 34.3 Å². The lowest BCUT2D eigenvalue weighted by Gasteiger charge is -2.12. The predicted octanol–water partition coefficient (Wildman–Crippen LogP) is 2.03. The quantitative estimate of drug-likeness (QED) is 0.608. The molecule has 1 amide bonds. The van der Waals surface area contributed by atoms with Gasteiger partial charge in [0.2, 0.25) is 15.9 Å². The first kappa shape index (κ1) is 19.1. The molecule has 2 aromatic carbocycles. The number of rotatable bonds is 6. The van der Waals surface area contributed by atoms with Crippen molar-refractivity contribution in [2.24, 2.45) is 5.14 Å². The summed E-state index contributed by atoms with van der Waals surface area (Å²) in [5.41, 5.74) is 1.38. The van der Waals surface area contributed by atoms with Gasteiger partial charge in [-0.15, -0.1) is 10.2 Å². The molecule has 8 nitrogen and oxygen atoms in total. The monoisotopic (exact) mass is 403 g/mol. The number of para-hydroxylation sites is 1. The highest BCUT2D eigenvalue weighted by Gasteiger charge is 2.19. The van der Waals surface area contributed by atoms with E-state index in [0.29, 0.717) is 10.8 Å². The molecule has 1 aromatic heterocycles. The summed E-state index contributed by atoms with van der Waals surface area (Å²) in [5.74, 6) is -0.244. The Hall–Kier alpha value is -2.69. The van der Waals surface area contributed by atoms with Gasteiger partial charge in [0.1, 0.15) is 6.33 Å². The number of amides is 1. The van der Waals surface area contributed by atoms with E-state index in [4.69, 9.17) is 5.14 Å². The van der Waals surface area contributed by atoms with Gasteiger partial charge < -0.3 is 5.32 Å². The molecule has 0 aliphatic rings. The molecular formula is C17H17N5O3S2. The number of benzene rings is 2. The minimum atomic E-state index is -3.76. The van der Waals surface area contributed by atoms with Gasteiger partial charge in [-0.2, -0.15) is 0 Å². The maximum atomic E-state index is 12.4. The van der Waals surface area contributed by atoms with E-state index >= 15 is 0 Å². The Labute approximate surface area is 160 Å². The fraction of sp³-hybridized carbons (Fsp3) is 0.118. The van der Waals surface area contributed by atoms with Gasteiger partial charge in [-0.3, -0.25) is 9.36 Å². The van der Waals surface area contributed by atoms with Crippen LogP contribution in [0, 0.1) is 0 Å². The van der Waals surface area contributed by atoms with E-state index in [2.05, 4.69) is 15.5 Å². The normalized spacial score (nSPS) is 12.5. The highest BCUT2D eigenvalue weighted by Crippen LogP contribution is 2.24. The predicted molar refractivity (Wildman–Crippen MR) is 103 cm³/mol. The fourth-order valence-electron chi connectivity index (χ4n) is 2.25. The summed E-state index contributed by atoms with van der Waals surface area (Å²) in [6.45, 7) is 1.75. The smallest absolute Gasteiger partial charge is 0.238 e. The van der Waals surface area contributed by atoms with E-state index in [1.54, 1.807) is 17.8 Å². The summed E-state index contributed by atoms with van der Waals surface area (Å²) in [6.07, 6.45) is 1.59. The van der Waals surface area contributed by atoms with E-state index < -0.39 is 15.3 Å². The van der Waals surface area contributed by atoms with Crippen LogP contribution in [0.1, 0.15) is 6.92 Å². The maximum Gasteiger partial charge on any atom is 0.238 e. The van der Waals surface area contributed by atoms with Crippen molar-refractivity contribution in [2.45, 2.75) is 22.2 Å². The summed E-state index contributed by atoms with van der Waals surface area (Å²) in [5, 5.41) is 15.9. The molecule has 3 aromatic rings. The average molecular weight is 403 g/mol. The van der Waals surface area contributed by atoms with Crippen molar-refractivity contribution in [3.8, 4) is 5.69 Å². The summed E-state index contributed by atoms with van der Waals surface area (Å²) >= 11 is 1.27. The number of nitrogens with two attached hydrogens (primary N) is 1. The Morgan fingerprint density at radius 1 is 1.15 bits per heavy atom. The summed E-state index contributed by atoms with van der Waals surface area (Å²) in [6, 6.07) is 15.2. The number of primary sulfonamides is 1. The summed E-state index contributed by atoms with van der Waals surface area (Å²) in [4.78, 5) is 12.4. The number of carbonyl (C=O) groups is 1. The van der Waals surface area contributed by atoms with Crippen LogP contribution in [0.25, 0.3) is 5.69 Å². The van der Waals surface area contributed by atoms with Crippen LogP contribution in [0.3, 0.4) is 0 Å². The molecule has 0 spiro atoms. The number of sulfonamides is 1. The van der Waals surface area contributed by atoms with Gasteiger partial charge in [-0.05, 0) is 43.3 Å². The van der Waals surface area contributed by atoms with Crippen LogP contribution >= 0.6 is 11.8 Å². The number of hydrogen-bond acceptors (Lipinski definition) is 6. The molecule has 27 heavy (non-hydrogen) atoms. The molecule has 0 radical (unpaired) electrons. The zero-order valence-corrected chi connectivity index (χ0v) is 15.9. The number of nitrogens with one attached hydrogen (secondary N) is 1. The van der Waals surface area contributed by atoms with E-state index in [1.165, 1.54) is 36.0 Å². The third kappa shape index (κ3) is 4.73. The van der Waals surface area contributed by atoms with Gasteiger partial charge in [0.05, 0.1) is 10.1 Å². The van der Waals surface area contributed by atoms with E-state index in [-0.39, 0.29) is 10.8 Å². The van der Waals surface area contributed by atoms with Gasteiger partial charge in [0.25, 0.3) is 0 Å². The molecule has 0 saturated heterocycles. The topological polar surface area (TPSA) is 120 Å².